The summed E-state index contributed by atoms with van der Waals surface area (Å²) < 4.78 is 16.8. The predicted molar refractivity (Wildman–Crippen MR) is 338 cm³/mol. The van der Waals surface area contributed by atoms with Crippen LogP contribution in [0.1, 0.15) is 258 Å². The van der Waals surface area contributed by atoms with Crippen LogP contribution in [0.5, 0.6) is 0 Å². The van der Waals surface area contributed by atoms with Crippen molar-refractivity contribution < 1.29 is 28.6 Å². The molecule has 0 aromatic rings. The number of ether oxygens (including phenoxy) is 3. The van der Waals surface area contributed by atoms with Crippen LogP contribution in [0, 0.1) is 0 Å². The third kappa shape index (κ3) is 61.9. The molecule has 0 aliphatic rings. The lowest BCUT2D eigenvalue weighted by Crippen LogP contribution is -2.30. The standard InChI is InChI=1S/C72H114O6/c1-4-7-10-13-16-19-22-25-28-29-30-31-32-33-34-35-36-37-38-39-40-41-42-43-45-47-50-53-56-59-62-65-71(74)77-68-69(67-76-70(73)64-61-58-55-52-49-46-27-24-21-18-15-12-9-6-3)78-72(75)66-63-60-57-54-51-48-44-26-23-20-17-14-11-8-5-2/h7-8,10-11,16-17,19-20,24-28,30-31,33-34,36-37,39-40,42-44,51,54,69H,4-6,9,12-15,18,21-23,29,32,35,38,41,45-50,52-53,55-68H2,1-3H3/b10-7-,11-8-,19-16-,20-17-,27-24-,28-25-,31-30-,34-33-,37-36-,40-39-,43-42-,44-26-,54-51-. The van der Waals surface area contributed by atoms with Gasteiger partial charge in [0.05, 0.1) is 0 Å². The first-order valence-electron chi connectivity index (χ1n) is 31.5. The van der Waals surface area contributed by atoms with Gasteiger partial charge in [-0.1, -0.05) is 249 Å². The summed E-state index contributed by atoms with van der Waals surface area (Å²) in [5, 5.41) is 0. The van der Waals surface area contributed by atoms with Gasteiger partial charge in [0.1, 0.15) is 13.2 Å². The molecule has 0 aromatic carbocycles. The van der Waals surface area contributed by atoms with Crippen molar-refractivity contribution in [1.29, 1.82) is 0 Å². The monoisotopic (exact) mass is 1070 g/mol. The third-order valence-corrected chi connectivity index (χ3v) is 12.7. The topological polar surface area (TPSA) is 78.9 Å². The van der Waals surface area contributed by atoms with E-state index in [4.69, 9.17) is 14.2 Å². The highest BCUT2D eigenvalue weighted by Gasteiger charge is 2.19. The van der Waals surface area contributed by atoms with Gasteiger partial charge >= 0.3 is 17.9 Å². The molecular formula is C72H114O6. The summed E-state index contributed by atoms with van der Waals surface area (Å²) in [6, 6.07) is 0. The Morgan fingerprint density at radius 2 is 0.500 bits per heavy atom. The zero-order valence-corrected chi connectivity index (χ0v) is 50.1. The molecule has 78 heavy (non-hydrogen) atoms. The quantitative estimate of drug-likeness (QED) is 0.0261. The molecule has 6 heteroatoms. The molecule has 0 bridgehead atoms. The summed E-state index contributed by atoms with van der Waals surface area (Å²) in [6.45, 7) is 6.34. The highest BCUT2D eigenvalue weighted by atomic mass is 16.6. The van der Waals surface area contributed by atoms with Crippen LogP contribution in [0.4, 0.5) is 0 Å². The van der Waals surface area contributed by atoms with Gasteiger partial charge in [0.25, 0.3) is 0 Å². The highest BCUT2D eigenvalue weighted by molar-refractivity contribution is 5.71. The van der Waals surface area contributed by atoms with Crippen molar-refractivity contribution in [1.82, 2.24) is 0 Å². The second kappa shape index (κ2) is 64.6. The Morgan fingerprint density at radius 1 is 0.269 bits per heavy atom. The number of carbonyl (C=O) groups is 3. The van der Waals surface area contributed by atoms with E-state index in [2.05, 4.69) is 179 Å². The Hall–Kier alpha value is -4.97. The van der Waals surface area contributed by atoms with E-state index < -0.39 is 6.10 Å². The van der Waals surface area contributed by atoms with E-state index in [-0.39, 0.29) is 37.5 Å². The first kappa shape index (κ1) is 73.0. The van der Waals surface area contributed by atoms with Crippen LogP contribution in [-0.2, 0) is 28.6 Å². The molecule has 0 aromatic heterocycles. The van der Waals surface area contributed by atoms with Crippen LogP contribution in [0.25, 0.3) is 0 Å². The fraction of sp³-hybridized carbons (Fsp3) is 0.597. The van der Waals surface area contributed by atoms with Crippen molar-refractivity contribution in [3.05, 3.63) is 158 Å². The Morgan fingerprint density at radius 3 is 0.821 bits per heavy atom. The lowest BCUT2D eigenvalue weighted by molar-refractivity contribution is -0.167. The number of unbranched alkanes of at least 4 members (excludes halogenated alkanes) is 18. The zero-order chi connectivity index (χ0) is 56.4. The van der Waals surface area contributed by atoms with Crippen molar-refractivity contribution in [2.45, 2.75) is 264 Å². The van der Waals surface area contributed by atoms with Gasteiger partial charge in [0.2, 0.25) is 0 Å². The summed E-state index contributed by atoms with van der Waals surface area (Å²) in [7, 11) is 0. The maximum absolute atomic E-state index is 12.9. The van der Waals surface area contributed by atoms with E-state index in [1.165, 1.54) is 57.8 Å². The SMILES string of the molecule is CC/C=C\C/C=C\C/C=C\C/C=C\C/C=C\C/C=C\C/C=C\C/C=C\CCCCCCCCC(=O)OCC(COC(=O)CCCCCCC/C=C\CCCCCCC)OC(=O)CCCC/C=C\C/C=C\C/C=C\C/C=C\CC. The third-order valence-electron chi connectivity index (χ3n) is 12.7. The number of hydrogen-bond donors (Lipinski definition) is 0. The maximum Gasteiger partial charge on any atom is 0.306 e. The van der Waals surface area contributed by atoms with Gasteiger partial charge < -0.3 is 14.2 Å². The minimum atomic E-state index is -0.817. The molecule has 0 saturated carbocycles. The summed E-state index contributed by atoms with van der Waals surface area (Å²) in [6.07, 6.45) is 93.9. The summed E-state index contributed by atoms with van der Waals surface area (Å²) >= 11 is 0. The highest BCUT2D eigenvalue weighted by Crippen LogP contribution is 2.13. The van der Waals surface area contributed by atoms with Crippen molar-refractivity contribution >= 4 is 17.9 Å². The van der Waals surface area contributed by atoms with Crippen LogP contribution in [0.3, 0.4) is 0 Å². The van der Waals surface area contributed by atoms with Gasteiger partial charge in [-0.3, -0.25) is 14.4 Å². The minimum absolute atomic E-state index is 0.109. The van der Waals surface area contributed by atoms with Gasteiger partial charge in [-0.2, -0.15) is 0 Å². The predicted octanol–water partition coefficient (Wildman–Crippen LogP) is 21.7. The van der Waals surface area contributed by atoms with Gasteiger partial charge in [-0.25, -0.2) is 0 Å². The molecule has 0 aliphatic carbocycles. The molecule has 0 radical (unpaired) electrons. The molecule has 0 rings (SSSR count). The van der Waals surface area contributed by atoms with Crippen LogP contribution >= 0.6 is 0 Å². The van der Waals surface area contributed by atoms with Gasteiger partial charge in [0.15, 0.2) is 6.10 Å². The molecule has 0 aliphatic heterocycles. The smallest absolute Gasteiger partial charge is 0.306 e. The summed E-state index contributed by atoms with van der Waals surface area (Å²) in [4.78, 5) is 38.2. The van der Waals surface area contributed by atoms with E-state index in [1.807, 2.05) is 0 Å². The molecule has 0 spiro atoms. The molecule has 0 saturated heterocycles. The minimum Gasteiger partial charge on any atom is -0.462 e. The fourth-order valence-corrected chi connectivity index (χ4v) is 8.09. The summed E-state index contributed by atoms with van der Waals surface area (Å²) in [5.74, 6) is -0.979. The van der Waals surface area contributed by atoms with E-state index in [0.29, 0.717) is 19.3 Å². The van der Waals surface area contributed by atoms with E-state index in [1.54, 1.807) is 0 Å². The molecule has 0 amide bonds. The average Bonchev–Trinajstić information content (AvgIpc) is 3.44. The molecule has 1 unspecified atom stereocenters. The van der Waals surface area contributed by atoms with Crippen LogP contribution in [0.2, 0.25) is 0 Å². The number of rotatable bonds is 55. The second-order valence-electron chi connectivity index (χ2n) is 20.2. The first-order chi connectivity index (χ1) is 38.5. The molecule has 0 N–H and O–H groups in total. The molecule has 6 nitrogen and oxygen atoms in total. The number of esters is 3. The van der Waals surface area contributed by atoms with E-state index >= 15 is 0 Å². The average molecular weight is 1080 g/mol. The lowest BCUT2D eigenvalue weighted by Gasteiger charge is -2.18. The molecule has 438 valence electrons. The normalized spacial score (nSPS) is 13.2. The van der Waals surface area contributed by atoms with Crippen molar-refractivity contribution in [3.8, 4) is 0 Å². The van der Waals surface area contributed by atoms with Crippen molar-refractivity contribution in [3.63, 3.8) is 0 Å². The van der Waals surface area contributed by atoms with Crippen LogP contribution in [0.15, 0.2) is 158 Å². The Labute approximate surface area is 480 Å². The largest absolute Gasteiger partial charge is 0.462 e. The Kier molecular flexibility index (Phi) is 60.4. The summed E-state index contributed by atoms with van der Waals surface area (Å²) in [5.41, 5.74) is 0. The van der Waals surface area contributed by atoms with Gasteiger partial charge in [0, 0.05) is 19.3 Å². The van der Waals surface area contributed by atoms with Gasteiger partial charge in [-0.05, 0) is 148 Å². The Bertz CT molecular complexity index is 1760. The van der Waals surface area contributed by atoms with Crippen LogP contribution in [-0.4, -0.2) is 37.2 Å². The molecule has 0 heterocycles. The molecular weight excluding hydrogens is 961 g/mol. The molecule has 0 fully saturated rings. The maximum atomic E-state index is 12.9. The van der Waals surface area contributed by atoms with Crippen LogP contribution < -0.4 is 0 Å². The first-order valence-corrected chi connectivity index (χ1v) is 31.5. The Balaban J connectivity index is 4.39. The number of carbonyl (C=O) groups excluding carboxylic acids is 3. The van der Waals surface area contributed by atoms with Crippen molar-refractivity contribution in [2.24, 2.45) is 0 Å². The van der Waals surface area contributed by atoms with Crippen molar-refractivity contribution in [2.75, 3.05) is 13.2 Å². The number of allylic oxidation sites excluding steroid dienone is 26. The lowest BCUT2D eigenvalue weighted by atomic mass is 10.1. The van der Waals surface area contributed by atoms with Gasteiger partial charge in [-0.15, -0.1) is 0 Å². The molecule has 1 atom stereocenters. The number of hydrogen-bond acceptors (Lipinski definition) is 6. The zero-order valence-electron chi connectivity index (χ0n) is 50.1. The van der Waals surface area contributed by atoms with E-state index in [0.717, 1.165) is 154 Å². The second-order valence-corrected chi connectivity index (χ2v) is 20.2. The van der Waals surface area contributed by atoms with E-state index in [9.17, 15) is 14.4 Å². The fourth-order valence-electron chi connectivity index (χ4n) is 8.09.